The lowest BCUT2D eigenvalue weighted by molar-refractivity contribution is -0.111. The van der Waals surface area contributed by atoms with Crippen molar-refractivity contribution in [3.8, 4) is 5.82 Å². The van der Waals surface area contributed by atoms with E-state index in [2.05, 4.69) is 15.4 Å². The third-order valence-electron chi connectivity index (χ3n) is 3.43. The highest BCUT2D eigenvalue weighted by molar-refractivity contribution is 5.99. The first-order chi connectivity index (χ1) is 11.7. The Bertz CT molecular complexity index is 937. The van der Waals surface area contributed by atoms with Crippen molar-refractivity contribution in [2.75, 3.05) is 5.32 Å². The molecule has 0 aliphatic carbocycles. The molecule has 0 spiro atoms. The highest BCUT2D eigenvalue weighted by Crippen LogP contribution is 2.19. The van der Waals surface area contributed by atoms with Crippen LogP contribution in [0.25, 0.3) is 16.7 Å². The normalized spacial score (nSPS) is 11.6. The molecule has 2 heterocycles. The van der Waals surface area contributed by atoms with E-state index in [4.69, 9.17) is 0 Å². The Labute approximate surface area is 140 Å². The summed E-state index contributed by atoms with van der Waals surface area (Å²) in [4.78, 5) is 16.6. The van der Waals surface area contributed by atoms with Gasteiger partial charge in [0.15, 0.2) is 5.82 Å². The van der Waals surface area contributed by atoms with Crippen molar-refractivity contribution in [1.82, 2.24) is 14.8 Å². The number of para-hydroxylation sites is 1. The van der Waals surface area contributed by atoms with E-state index in [0.717, 1.165) is 16.6 Å². The lowest BCUT2D eigenvalue weighted by atomic mass is 10.2. The molecule has 24 heavy (non-hydrogen) atoms. The molecule has 0 bridgehead atoms. The number of fused-ring (bicyclic) bond motifs is 1. The zero-order valence-corrected chi connectivity index (χ0v) is 13.6. The van der Waals surface area contributed by atoms with Crippen molar-refractivity contribution >= 4 is 22.6 Å². The molecule has 2 aromatic heterocycles. The Balaban J connectivity index is 1.94. The van der Waals surface area contributed by atoms with E-state index in [1.807, 2.05) is 62.4 Å². The van der Waals surface area contributed by atoms with Crippen LogP contribution in [0.4, 0.5) is 5.82 Å². The molecule has 1 aromatic carbocycles. The van der Waals surface area contributed by atoms with E-state index >= 15 is 0 Å². The molecule has 0 atom stereocenters. The SMILES string of the molecule is C/C=C/C=C/C(=O)Nc1cc(C)nn1-c1ccc2ccccc2n1. The summed E-state index contributed by atoms with van der Waals surface area (Å²) in [6.07, 6.45) is 6.82. The van der Waals surface area contributed by atoms with Crippen molar-refractivity contribution in [2.45, 2.75) is 13.8 Å². The highest BCUT2D eigenvalue weighted by atomic mass is 16.1. The standard InChI is InChI=1S/C19H18N4O/c1-3-4-5-10-19(24)21-18-13-14(2)22-23(18)17-12-11-15-8-6-7-9-16(15)20-17/h3-13H,1-2H3,(H,21,24)/b4-3+,10-5+. The summed E-state index contributed by atoms with van der Waals surface area (Å²) in [5.41, 5.74) is 1.69. The van der Waals surface area contributed by atoms with Crippen LogP contribution in [0.15, 0.2) is 66.8 Å². The summed E-state index contributed by atoms with van der Waals surface area (Å²) in [5, 5.41) is 8.34. The number of hydrogen-bond donors (Lipinski definition) is 1. The van der Waals surface area contributed by atoms with E-state index in [-0.39, 0.29) is 5.91 Å². The van der Waals surface area contributed by atoms with E-state index in [1.54, 1.807) is 16.8 Å². The summed E-state index contributed by atoms with van der Waals surface area (Å²) in [6.45, 7) is 3.77. The maximum absolute atomic E-state index is 12.0. The largest absolute Gasteiger partial charge is 0.307 e. The van der Waals surface area contributed by atoms with Crippen LogP contribution in [-0.2, 0) is 4.79 Å². The monoisotopic (exact) mass is 318 g/mol. The summed E-state index contributed by atoms with van der Waals surface area (Å²) in [7, 11) is 0. The van der Waals surface area contributed by atoms with Crippen molar-refractivity contribution in [1.29, 1.82) is 0 Å². The fourth-order valence-corrected chi connectivity index (χ4v) is 2.36. The molecule has 0 saturated heterocycles. The van der Waals surface area contributed by atoms with Gasteiger partial charge in [0.05, 0.1) is 11.2 Å². The molecule has 0 aliphatic heterocycles. The Morgan fingerprint density at radius 3 is 2.83 bits per heavy atom. The predicted molar refractivity (Wildman–Crippen MR) is 96.2 cm³/mol. The number of nitrogens with one attached hydrogen (secondary N) is 1. The second kappa shape index (κ2) is 6.91. The van der Waals surface area contributed by atoms with Crippen LogP contribution in [0.3, 0.4) is 0 Å². The molecular weight excluding hydrogens is 300 g/mol. The average Bonchev–Trinajstić information content (AvgIpc) is 2.95. The van der Waals surface area contributed by atoms with Crippen LogP contribution in [0.2, 0.25) is 0 Å². The number of allylic oxidation sites excluding steroid dienone is 3. The number of aryl methyl sites for hydroxylation is 1. The summed E-state index contributed by atoms with van der Waals surface area (Å²) < 4.78 is 1.64. The van der Waals surface area contributed by atoms with Gasteiger partial charge in [-0.1, -0.05) is 36.4 Å². The number of rotatable bonds is 4. The van der Waals surface area contributed by atoms with E-state index in [0.29, 0.717) is 11.6 Å². The van der Waals surface area contributed by atoms with E-state index < -0.39 is 0 Å². The first-order valence-electron chi connectivity index (χ1n) is 7.70. The molecule has 3 aromatic rings. The smallest absolute Gasteiger partial charge is 0.249 e. The van der Waals surface area contributed by atoms with Crippen LogP contribution in [-0.4, -0.2) is 20.7 Å². The van der Waals surface area contributed by atoms with Crippen LogP contribution < -0.4 is 5.32 Å². The third-order valence-corrected chi connectivity index (χ3v) is 3.43. The van der Waals surface area contributed by atoms with Crippen molar-refractivity contribution < 1.29 is 4.79 Å². The second-order valence-electron chi connectivity index (χ2n) is 5.32. The van der Waals surface area contributed by atoms with Gasteiger partial charge in [0.1, 0.15) is 5.82 Å². The number of amides is 1. The van der Waals surface area contributed by atoms with Gasteiger partial charge in [-0.2, -0.15) is 9.78 Å². The average molecular weight is 318 g/mol. The van der Waals surface area contributed by atoms with Gasteiger partial charge in [-0.15, -0.1) is 0 Å². The van der Waals surface area contributed by atoms with Gasteiger partial charge in [-0.25, -0.2) is 4.98 Å². The topological polar surface area (TPSA) is 59.8 Å². The Morgan fingerprint density at radius 1 is 1.17 bits per heavy atom. The molecule has 5 heteroatoms. The van der Waals surface area contributed by atoms with Crippen LogP contribution in [0.1, 0.15) is 12.6 Å². The molecule has 0 saturated carbocycles. The minimum atomic E-state index is -0.213. The highest BCUT2D eigenvalue weighted by Gasteiger charge is 2.11. The summed E-state index contributed by atoms with van der Waals surface area (Å²) in [6, 6.07) is 13.6. The zero-order valence-electron chi connectivity index (χ0n) is 13.6. The lowest BCUT2D eigenvalue weighted by Crippen LogP contribution is -2.13. The Morgan fingerprint density at radius 2 is 2.00 bits per heavy atom. The number of carbonyl (C=O) groups is 1. The first-order valence-corrected chi connectivity index (χ1v) is 7.70. The molecule has 1 N–H and O–H groups in total. The van der Waals surface area contributed by atoms with Crippen molar-refractivity contribution in [3.63, 3.8) is 0 Å². The minimum Gasteiger partial charge on any atom is -0.307 e. The number of benzene rings is 1. The maximum atomic E-state index is 12.0. The number of hydrogen-bond acceptors (Lipinski definition) is 3. The number of aromatic nitrogens is 3. The molecular formula is C19H18N4O. The van der Waals surface area contributed by atoms with E-state index in [1.165, 1.54) is 6.08 Å². The second-order valence-corrected chi connectivity index (χ2v) is 5.32. The minimum absolute atomic E-state index is 0.213. The van der Waals surface area contributed by atoms with Gasteiger partial charge in [-0.05, 0) is 32.0 Å². The van der Waals surface area contributed by atoms with Crippen LogP contribution in [0, 0.1) is 6.92 Å². The van der Waals surface area contributed by atoms with Crippen LogP contribution in [0.5, 0.6) is 0 Å². The third kappa shape index (κ3) is 3.41. The number of pyridine rings is 1. The fraction of sp³-hybridized carbons (Fsp3) is 0.105. The van der Waals surface area contributed by atoms with Gasteiger partial charge in [-0.3, -0.25) is 4.79 Å². The number of carbonyl (C=O) groups excluding carboxylic acids is 1. The van der Waals surface area contributed by atoms with Gasteiger partial charge < -0.3 is 5.32 Å². The predicted octanol–water partition coefficient (Wildman–Crippen LogP) is 3.80. The zero-order chi connectivity index (χ0) is 16.9. The molecule has 0 aliphatic rings. The fourth-order valence-electron chi connectivity index (χ4n) is 2.36. The molecule has 1 amide bonds. The molecule has 0 unspecified atom stereocenters. The van der Waals surface area contributed by atoms with Gasteiger partial charge >= 0.3 is 0 Å². The number of nitrogens with zero attached hydrogens (tertiary/aromatic N) is 3. The Hall–Kier alpha value is -3.21. The molecule has 0 fully saturated rings. The van der Waals surface area contributed by atoms with Crippen molar-refractivity contribution in [3.05, 3.63) is 72.5 Å². The molecule has 120 valence electrons. The molecule has 5 nitrogen and oxygen atoms in total. The number of anilines is 1. The lowest BCUT2D eigenvalue weighted by Gasteiger charge is -2.07. The molecule has 0 radical (unpaired) electrons. The summed E-state index contributed by atoms with van der Waals surface area (Å²) in [5.74, 6) is 1.04. The quantitative estimate of drug-likeness (QED) is 0.588. The van der Waals surface area contributed by atoms with Crippen LogP contribution >= 0.6 is 0 Å². The maximum Gasteiger partial charge on any atom is 0.249 e. The van der Waals surface area contributed by atoms with Gasteiger partial charge in [0, 0.05) is 17.5 Å². The van der Waals surface area contributed by atoms with Gasteiger partial charge in [0.2, 0.25) is 5.91 Å². The Kier molecular flexibility index (Phi) is 4.52. The van der Waals surface area contributed by atoms with Crippen molar-refractivity contribution in [2.24, 2.45) is 0 Å². The summed E-state index contributed by atoms with van der Waals surface area (Å²) >= 11 is 0. The van der Waals surface area contributed by atoms with E-state index in [9.17, 15) is 4.79 Å². The van der Waals surface area contributed by atoms with Gasteiger partial charge in [0.25, 0.3) is 0 Å². The first kappa shape index (κ1) is 15.7. The molecule has 3 rings (SSSR count).